The number of hydrogen-bond acceptors (Lipinski definition) is 3. The fourth-order valence-electron chi connectivity index (χ4n) is 1.47. The number of imidazole rings is 1. The number of rotatable bonds is 5. The third-order valence-electron chi connectivity index (χ3n) is 2.35. The zero-order valence-corrected chi connectivity index (χ0v) is 8.77. The van der Waals surface area contributed by atoms with Gasteiger partial charge in [-0.1, -0.05) is 0 Å². The molecule has 2 heterocycles. The number of nitrogens with zero attached hydrogens (tertiary/aromatic N) is 3. The normalized spacial score (nSPS) is 10.7. The van der Waals surface area contributed by atoms with Gasteiger partial charge in [-0.3, -0.25) is 4.68 Å². The second kappa shape index (κ2) is 4.75. The van der Waals surface area contributed by atoms with Crippen LogP contribution in [0.2, 0.25) is 0 Å². The third kappa shape index (κ3) is 2.66. The van der Waals surface area contributed by atoms with Crippen molar-refractivity contribution < 1.29 is 0 Å². The minimum atomic E-state index is 0.831. The van der Waals surface area contributed by atoms with E-state index in [9.17, 15) is 0 Å². The van der Waals surface area contributed by atoms with Gasteiger partial charge in [0.15, 0.2) is 0 Å². The highest BCUT2D eigenvalue weighted by Gasteiger charge is 1.98. The molecule has 0 saturated carbocycles. The van der Waals surface area contributed by atoms with E-state index in [1.807, 2.05) is 30.2 Å². The maximum absolute atomic E-state index is 4.12. The highest BCUT2D eigenvalue weighted by Crippen LogP contribution is 1.96. The average Bonchev–Trinajstić information content (AvgIpc) is 2.85. The van der Waals surface area contributed by atoms with Crippen molar-refractivity contribution in [2.24, 2.45) is 7.05 Å². The lowest BCUT2D eigenvalue weighted by molar-refractivity contribution is 0.638. The summed E-state index contributed by atoms with van der Waals surface area (Å²) in [6.45, 7) is 1.77. The van der Waals surface area contributed by atoms with Crippen LogP contribution >= 0.6 is 0 Å². The Morgan fingerprint density at radius 2 is 2.47 bits per heavy atom. The third-order valence-corrected chi connectivity index (χ3v) is 2.35. The van der Waals surface area contributed by atoms with E-state index < -0.39 is 0 Å². The Morgan fingerprint density at radius 1 is 1.53 bits per heavy atom. The molecule has 5 heteroatoms. The van der Waals surface area contributed by atoms with Gasteiger partial charge in [0.05, 0.1) is 6.33 Å². The van der Waals surface area contributed by atoms with Gasteiger partial charge in [0.25, 0.3) is 0 Å². The van der Waals surface area contributed by atoms with Gasteiger partial charge >= 0.3 is 0 Å². The quantitative estimate of drug-likeness (QED) is 0.698. The number of aromatic amines is 1. The van der Waals surface area contributed by atoms with Crippen molar-refractivity contribution in [3.8, 4) is 0 Å². The summed E-state index contributed by atoms with van der Waals surface area (Å²) in [5.41, 5.74) is 2.35. The van der Waals surface area contributed by atoms with Crippen LogP contribution in [0, 0.1) is 0 Å². The smallest absolute Gasteiger partial charge is 0.0922 e. The molecule has 0 atom stereocenters. The van der Waals surface area contributed by atoms with Crippen molar-refractivity contribution in [3.63, 3.8) is 0 Å². The molecule has 80 valence electrons. The summed E-state index contributed by atoms with van der Waals surface area (Å²) in [6.07, 6.45) is 6.34. The molecule has 0 aliphatic carbocycles. The number of nitrogens with one attached hydrogen (secondary N) is 2. The van der Waals surface area contributed by atoms with E-state index in [-0.39, 0.29) is 0 Å². The predicted octanol–water partition coefficient (Wildman–Crippen LogP) is 0.475. The fraction of sp³-hybridized carbons (Fsp3) is 0.400. The molecule has 0 fully saturated rings. The molecular weight excluding hydrogens is 190 g/mol. The minimum absolute atomic E-state index is 0.831. The molecule has 2 aromatic heterocycles. The van der Waals surface area contributed by atoms with Crippen molar-refractivity contribution in [1.82, 2.24) is 25.1 Å². The molecule has 5 nitrogen and oxygen atoms in total. The molecule has 0 bridgehead atoms. The van der Waals surface area contributed by atoms with Crippen LogP contribution in [0.3, 0.4) is 0 Å². The van der Waals surface area contributed by atoms with Gasteiger partial charge < -0.3 is 10.3 Å². The Labute approximate surface area is 88.5 Å². The van der Waals surface area contributed by atoms with Crippen LogP contribution in [-0.2, 0) is 20.0 Å². The van der Waals surface area contributed by atoms with Crippen LogP contribution in [0.4, 0.5) is 0 Å². The Kier molecular flexibility index (Phi) is 3.14. The standard InChI is InChI=1S/C10H15N5/c1-15-10(3-5-14-15)2-4-11-6-9-7-12-8-13-9/h3,5,7-8,11H,2,4,6H2,1H3,(H,12,13). The second-order valence-electron chi connectivity index (χ2n) is 3.45. The second-order valence-corrected chi connectivity index (χ2v) is 3.45. The topological polar surface area (TPSA) is 58.5 Å². The number of aromatic nitrogens is 4. The van der Waals surface area contributed by atoms with E-state index in [0.717, 1.165) is 25.2 Å². The van der Waals surface area contributed by atoms with Gasteiger partial charge in [-0.05, 0) is 6.07 Å². The van der Waals surface area contributed by atoms with Gasteiger partial charge in [0.1, 0.15) is 0 Å². The monoisotopic (exact) mass is 205 g/mol. The van der Waals surface area contributed by atoms with Crippen LogP contribution in [0.5, 0.6) is 0 Å². The summed E-state index contributed by atoms with van der Waals surface area (Å²) >= 11 is 0. The Bertz CT molecular complexity index is 390. The molecular formula is C10H15N5. The van der Waals surface area contributed by atoms with Gasteiger partial charge in [-0.15, -0.1) is 0 Å². The molecule has 0 aliphatic rings. The molecule has 2 N–H and O–H groups in total. The van der Waals surface area contributed by atoms with Crippen molar-refractivity contribution in [2.45, 2.75) is 13.0 Å². The number of aryl methyl sites for hydroxylation is 1. The van der Waals surface area contributed by atoms with Gasteiger partial charge in [-0.2, -0.15) is 5.10 Å². The van der Waals surface area contributed by atoms with Crippen molar-refractivity contribution in [1.29, 1.82) is 0 Å². The van der Waals surface area contributed by atoms with Crippen LogP contribution < -0.4 is 5.32 Å². The Morgan fingerprint density at radius 3 is 3.13 bits per heavy atom. The summed E-state index contributed by atoms with van der Waals surface area (Å²) in [6, 6.07) is 2.04. The van der Waals surface area contributed by atoms with E-state index in [2.05, 4.69) is 20.4 Å². The average molecular weight is 205 g/mol. The summed E-state index contributed by atoms with van der Waals surface area (Å²) in [7, 11) is 1.96. The van der Waals surface area contributed by atoms with E-state index >= 15 is 0 Å². The van der Waals surface area contributed by atoms with Crippen molar-refractivity contribution in [3.05, 3.63) is 36.2 Å². The van der Waals surface area contributed by atoms with Gasteiger partial charge in [0.2, 0.25) is 0 Å². The lowest BCUT2D eigenvalue weighted by Gasteiger charge is -2.03. The molecule has 0 aromatic carbocycles. The summed E-state index contributed by atoms with van der Waals surface area (Å²) in [5, 5.41) is 7.46. The lowest BCUT2D eigenvalue weighted by Crippen LogP contribution is -2.18. The van der Waals surface area contributed by atoms with Crippen LogP contribution in [-0.4, -0.2) is 26.3 Å². The largest absolute Gasteiger partial charge is 0.347 e. The summed E-state index contributed by atoms with van der Waals surface area (Å²) in [4.78, 5) is 7.01. The fourth-order valence-corrected chi connectivity index (χ4v) is 1.47. The molecule has 0 amide bonds. The van der Waals surface area contributed by atoms with E-state index in [4.69, 9.17) is 0 Å². The first-order valence-electron chi connectivity index (χ1n) is 5.01. The van der Waals surface area contributed by atoms with E-state index in [0.29, 0.717) is 0 Å². The SMILES string of the molecule is Cn1nccc1CCNCc1cnc[nH]1. The van der Waals surface area contributed by atoms with Crippen molar-refractivity contribution >= 4 is 0 Å². The summed E-state index contributed by atoms with van der Waals surface area (Å²) in [5.74, 6) is 0. The highest BCUT2D eigenvalue weighted by atomic mass is 15.3. The molecule has 0 aliphatic heterocycles. The number of H-pyrrole nitrogens is 1. The zero-order valence-electron chi connectivity index (χ0n) is 8.77. The molecule has 2 aromatic rings. The first-order chi connectivity index (χ1) is 7.36. The predicted molar refractivity (Wildman–Crippen MR) is 57.2 cm³/mol. The van der Waals surface area contributed by atoms with Crippen molar-refractivity contribution in [2.75, 3.05) is 6.54 Å². The van der Waals surface area contributed by atoms with Crippen LogP contribution in [0.25, 0.3) is 0 Å². The molecule has 0 unspecified atom stereocenters. The lowest BCUT2D eigenvalue weighted by atomic mass is 10.3. The Balaban J connectivity index is 1.70. The van der Waals surface area contributed by atoms with E-state index in [1.54, 1.807) is 6.33 Å². The van der Waals surface area contributed by atoms with Crippen LogP contribution in [0.1, 0.15) is 11.4 Å². The van der Waals surface area contributed by atoms with Crippen LogP contribution in [0.15, 0.2) is 24.8 Å². The minimum Gasteiger partial charge on any atom is -0.347 e. The number of hydrogen-bond donors (Lipinski definition) is 2. The molecule has 0 spiro atoms. The molecule has 0 radical (unpaired) electrons. The zero-order chi connectivity index (χ0) is 10.5. The maximum atomic E-state index is 4.12. The first-order valence-corrected chi connectivity index (χ1v) is 5.01. The van der Waals surface area contributed by atoms with E-state index in [1.165, 1.54) is 5.69 Å². The molecule has 2 rings (SSSR count). The Hall–Kier alpha value is -1.62. The maximum Gasteiger partial charge on any atom is 0.0922 e. The van der Waals surface area contributed by atoms with Gasteiger partial charge in [0, 0.05) is 50.3 Å². The molecule has 0 saturated heterocycles. The summed E-state index contributed by atoms with van der Waals surface area (Å²) < 4.78 is 1.90. The van der Waals surface area contributed by atoms with Gasteiger partial charge in [-0.25, -0.2) is 4.98 Å². The highest BCUT2D eigenvalue weighted by molar-refractivity contribution is 5.00. The first kappa shape index (κ1) is 9.92. The molecule has 15 heavy (non-hydrogen) atoms.